The molecule has 7 heteroatoms. The quantitative estimate of drug-likeness (QED) is 0.829. The van der Waals surface area contributed by atoms with Gasteiger partial charge >= 0.3 is 0 Å². The van der Waals surface area contributed by atoms with Gasteiger partial charge in [-0.25, -0.2) is 8.42 Å². The molecule has 4 nitrogen and oxygen atoms in total. The van der Waals surface area contributed by atoms with Gasteiger partial charge in [-0.3, -0.25) is 0 Å². The fourth-order valence-electron chi connectivity index (χ4n) is 2.62. The molecule has 23 heavy (non-hydrogen) atoms. The van der Waals surface area contributed by atoms with Crippen LogP contribution < -0.4 is 4.90 Å². The smallest absolute Gasteiger partial charge is 0.243 e. The number of rotatable bonds is 3. The van der Waals surface area contributed by atoms with E-state index in [9.17, 15) is 8.42 Å². The molecule has 1 aliphatic heterocycles. The van der Waals surface area contributed by atoms with Gasteiger partial charge in [-0.05, 0) is 42.5 Å². The molecule has 0 unspecified atom stereocenters. The molecule has 0 atom stereocenters. The lowest BCUT2D eigenvalue weighted by Gasteiger charge is -2.35. The van der Waals surface area contributed by atoms with Gasteiger partial charge in [-0.2, -0.15) is 4.31 Å². The Labute approximate surface area is 146 Å². The van der Waals surface area contributed by atoms with Gasteiger partial charge in [0, 0.05) is 41.9 Å². The number of benzene rings is 2. The van der Waals surface area contributed by atoms with E-state index in [0.717, 1.165) is 5.69 Å². The monoisotopic (exact) mass is 370 g/mol. The highest BCUT2D eigenvalue weighted by Gasteiger charge is 2.28. The molecule has 0 spiro atoms. The Balaban J connectivity index is 1.72. The van der Waals surface area contributed by atoms with Crippen molar-refractivity contribution in [1.29, 1.82) is 0 Å². The second-order valence-corrected chi connectivity index (χ2v) is 8.14. The van der Waals surface area contributed by atoms with Crippen LogP contribution in [0.2, 0.25) is 10.0 Å². The van der Waals surface area contributed by atoms with E-state index in [4.69, 9.17) is 23.2 Å². The summed E-state index contributed by atoms with van der Waals surface area (Å²) in [5.41, 5.74) is 1.05. The van der Waals surface area contributed by atoms with Gasteiger partial charge in [0.25, 0.3) is 0 Å². The molecule has 1 fully saturated rings. The van der Waals surface area contributed by atoms with Crippen LogP contribution in [0.4, 0.5) is 5.69 Å². The first-order valence-corrected chi connectivity index (χ1v) is 9.43. The zero-order chi connectivity index (χ0) is 16.4. The van der Waals surface area contributed by atoms with Crippen LogP contribution >= 0.6 is 23.2 Å². The number of halogens is 2. The Bertz CT molecular complexity index is 786. The first kappa shape index (κ1) is 16.6. The minimum absolute atomic E-state index is 0.241. The van der Waals surface area contributed by atoms with Crippen molar-refractivity contribution < 1.29 is 8.42 Å². The zero-order valence-corrected chi connectivity index (χ0v) is 14.7. The maximum atomic E-state index is 12.7. The minimum atomic E-state index is -3.50. The van der Waals surface area contributed by atoms with E-state index >= 15 is 0 Å². The summed E-state index contributed by atoms with van der Waals surface area (Å²) < 4.78 is 26.8. The number of hydrogen-bond acceptors (Lipinski definition) is 3. The Kier molecular flexibility index (Phi) is 4.82. The first-order chi connectivity index (χ1) is 11.0. The summed E-state index contributed by atoms with van der Waals surface area (Å²) in [6, 6.07) is 14.0. The van der Waals surface area contributed by atoms with Gasteiger partial charge in [0.2, 0.25) is 10.0 Å². The lowest BCUT2D eigenvalue weighted by atomic mass is 10.2. The Morgan fingerprint density at radius 3 is 2.09 bits per heavy atom. The zero-order valence-electron chi connectivity index (χ0n) is 12.3. The molecule has 0 N–H and O–H groups in total. The van der Waals surface area contributed by atoms with E-state index in [2.05, 4.69) is 4.90 Å². The highest BCUT2D eigenvalue weighted by atomic mass is 35.5. The Morgan fingerprint density at radius 2 is 1.48 bits per heavy atom. The summed E-state index contributed by atoms with van der Waals surface area (Å²) in [5.74, 6) is 0. The SMILES string of the molecule is O=S(=O)(c1cccc(Cl)c1)N1CCN(c2ccc(Cl)cc2)CC1. The second-order valence-electron chi connectivity index (χ2n) is 5.32. The molecule has 1 saturated heterocycles. The van der Waals surface area contributed by atoms with E-state index in [-0.39, 0.29) is 4.90 Å². The topological polar surface area (TPSA) is 40.6 Å². The Morgan fingerprint density at radius 1 is 0.826 bits per heavy atom. The lowest BCUT2D eigenvalue weighted by molar-refractivity contribution is 0.385. The van der Waals surface area contributed by atoms with Gasteiger partial charge in [-0.15, -0.1) is 0 Å². The van der Waals surface area contributed by atoms with E-state index in [1.54, 1.807) is 18.2 Å². The summed E-state index contributed by atoms with van der Waals surface area (Å²) in [6.07, 6.45) is 0. The van der Waals surface area contributed by atoms with E-state index in [1.807, 2.05) is 24.3 Å². The molecule has 0 saturated carbocycles. The number of anilines is 1. The summed E-state index contributed by atoms with van der Waals surface area (Å²) in [4.78, 5) is 2.39. The fourth-order valence-corrected chi connectivity index (χ4v) is 4.46. The van der Waals surface area contributed by atoms with Crippen molar-refractivity contribution in [1.82, 2.24) is 4.31 Å². The third-order valence-electron chi connectivity index (χ3n) is 3.86. The van der Waals surface area contributed by atoms with Crippen LogP contribution in [0.25, 0.3) is 0 Å². The summed E-state index contributed by atoms with van der Waals surface area (Å²) >= 11 is 11.8. The van der Waals surface area contributed by atoms with Crippen LogP contribution in [0.5, 0.6) is 0 Å². The summed E-state index contributed by atoms with van der Waals surface area (Å²) in [7, 11) is -3.50. The van der Waals surface area contributed by atoms with Crippen molar-refractivity contribution in [2.75, 3.05) is 31.1 Å². The molecule has 2 aromatic carbocycles. The van der Waals surface area contributed by atoms with Gasteiger partial charge in [-0.1, -0.05) is 29.3 Å². The van der Waals surface area contributed by atoms with Crippen molar-refractivity contribution in [3.8, 4) is 0 Å². The van der Waals surface area contributed by atoms with Crippen LogP contribution in [0.1, 0.15) is 0 Å². The standard InChI is InChI=1S/C16H16Cl2N2O2S/c17-13-4-6-15(7-5-13)19-8-10-20(11-9-19)23(21,22)16-3-1-2-14(18)12-16/h1-7,12H,8-11H2. The number of piperazine rings is 1. The third kappa shape index (κ3) is 3.63. The van der Waals surface area contributed by atoms with Gasteiger partial charge in [0.05, 0.1) is 4.90 Å². The number of nitrogens with zero attached hydrogens (tertiary/aromatic N) is 2. The van der Waals surface area contributed by atoms with Crippen LogP contribution in [-0.4, -0.2) is 38.9 Å². The van der Waals surface area contributed by atoms with Gasteiger partial charge in [0.15, 0.2) is 0 Å². The summed E-state index contributed by atoms with van der Waals surface area (Å²) in [6.45, 7) is 2.16. The van der Waals surface area contributed by atoms with E-state index in [1.165, 1.54) is 10.4 Å². The van der Waals surface area contributed by atoms with Crippen molar-refractivity contribution in [2.45, 2.75) is 4.90 Å². The fraction of sp³-hybridized carbons (Fsp3) is 0.250. The van der Waals surface area contributed by atoms with Crippen LogP contribution in [-0.2, 0) is 10.0 Å². The molecule has 1 heterocycles. The average Bonchev–Trinajstić information content (AvgIpc) is 2.56. The highest BCUT2D eigenvalue weighted by Crippen LogP contribution is 2.23. The molecular formula is C16H16Cl2N2O2S. The second kappa shape index (κ2) is 6.69. The maximum Gasteiger partial charge on any atom is 0.243 e. The first-order valence-electron chi connectivity index (χ1n) is 7.23. The molecule has 0 bridgehead atoms. The van der Waals surface area contributed by atoms with Crippen molar-refractivity contribution >= 4 is 38.9 Å². The van der Waals surface area contributed by atoms with Crippen molar-refractivity contribution in [2.24, 2.45) is 0 Å². The third-order valence-corrected chi connectivity index (χ3v) is 6.25. The largest absolute Gasteiger partial charge is 0.369 e. The molecule has 0 radical (unpaired) electrons. The molecule has 1 aliphatic rings. The van der Waals surface area contributed by atoms with E-state index < -0.39 is 10.0 Å². The molecule has 2 aromatic rings. The molecule has 0 aliphatic carbocycles. The van der Waals surface area contributed by atoms with Crippen molar-refractivity contribution in [3.05, 3.63) is 58.6 Å². The summed E-state index contributed by atoms with van der Waals surface area (Å²) in [5, 5.41) is 1.11. The Hall–Kier alpha value is -1.27. The average molecular weight is 371 g/mol. The van der Waals surface area contributed by atoms with E-state index in [0.29, 0.717) is 36.2 Å². The molecule has 122 valence electrons. The maximum absolute atomic E-state index is 12.7. The number of sulfonamides is 1. The predicted octanol–water partition coefficient (Wildman–Crippen LogP) is 3.50. The predicted molar refractivity (Wildman–Crippen MR) is 93.9 cm³/mol. The van der Waals surface area contributed by atoms with Gasteiger partial charge < -0.3 is 4.90 Å². The highest BCUT2D eigenvalue weighted by molar-refractivity contribution is 7.89. The normalized spacial score (nSPS) is 16.5. The van der Waals surface area contributed by atoms with Gasteiger partial charge in [0.1, 0.15) is 0 Å². The van der Waals surface area contributed by atoms with Crippen LogP contribution in [0, 0.1) is 0 Å². The molecule has 0 amide bonds. The molecule has 3 rings (SSSR count). The lowest BCUT2D eigenvalue weighted by Crippen LogP contribution is -2.48. The van der Waals surface area contributed by atoms with Crippen LogP contribution in [0.15, 0.2) is 53.4 Å². The molecule has 0 aromatic heterocycles. The number of hydrogen-bond donors (Lipinski definition) is 0. The minimum Gasteiger partial charge on any atom is -0.369 e. The molecular weight excluding hydrogens is 355 g/mol. The van der Waals surface area contributed by atoms with Crippen LogP contribution in [0.3, 0.4) is 0 Å². The van der Waals surface area contributed by atoms with Crippen molar-refractivity contribution in [3.63, 3.8) is 0 Å².